The van der Waals surface area contributed by atoms with E-state index in [0.717, 1.165) is 6.07 Å². The molecule has 0 aliphatic rings. The van der Waals surface area contributed by atoms with Crippen molar-refractivity contribution in [3.05, 3.63) is 53.1 Å². The normalized spacial score (nSPS) is 12.0. The minimum absolute atomic E-state index is 0.113. The van der Waals surface area contributed by atoms with Crippen molar-refractivity contribution in [2.24, 2.45) is 0 Å². The van der Waals surface area contributed by atoms with Crippen LogP contribution in [0.2, 0.25) is 5.02 Å². The molecule has 23 heavy (non-hydrogen) atoms. The van der Waals surface area contributed by atoms with Gasteiger partial charge in [-0.25, -0.2) is 0 Å². The molecule has 0 atom stereocenters. The van der Waals surface area contributed by atoms with Gasteiger partial charge in [-0.3, -0.25) is 0 Å². The lowest BCUT2D eigenvalue weighted by Gasteiger charge is -2.12. The van der Waals surface area contributed by atoms with Gasteiger partial charge in [0.2, 0.25) is 0 Å². The molecule has 0 saturated carbocycles. The Morgan fingerprint density at radius 1 is 1.04 bits per heavy atom. The van der Waals surface area contributed by atoms with Gasteiger partial charge in [-0.1, -0.05) is 17.7 Å². The van der Waals surface area contributed by atoms with Crippen LogP contribution >= 0.6 is 11.6 Å². The molecule has 0 aromatic heterocycles. The summed E-state index contributed by atoms with van der Waals surface area (Å²) in [6, 6.07) is 7.59. The Morgan fingerprint density at radius 3 is 2.30 bits per heavy atom. The number of ether oxygens (including phenoxy) is 1. The fourth-order valence-corrected chi connectivity index (χ4v) is 3.12. The van der Waals surface area contributed by atoms with Crippen molar-refractivity contribution in [2.75, 3.05) is 7.11 Å². The van der Waals surface area contributed by atoms with E-state index in [9.17, 15) is 21.6 Å². The molecule has 0 aliphatic carbocycles. The van der Waals surface area contributed by atoms with Gasteiger partial charge in [-0.15, -0.1) is 0 Å². The van der Waals surface area contributed by atoms with E-state index < -0.39 is 26.8 Å². The van der Waals surface area contributed by atoms with Crippen LogP contribution in [0.5, 0.6) is 11.5 Å². The van der Waals surface area contributed by atoms with Gasteiger partial charge in [-0.05, 0) is 30.3 Å². The second-order valence-corrected chi connectivity index (χ2v) is 6.28. The molecule has 2 rings (SSSR count). The second-order valence-electron chi connectivity index (χ2n) is 4.36. The third kappa shape index (κ3) is 4.08. The van der Waals surface area contributed by atoms with E-state index in [1.807, 2.05) is 0 Å². The molecule has 0 aliphatic heterocycles. The van der Waals surface area contributed by atoms with Crippen molar-refractivity contribution in [3.8, 4) is 11.5 Å². The zero-order chi connectivity index (χ0) is 17.3. The Morgan fingerprint density at radius 2 is 1.70 bits per heavy atom. The Hall–Kier alpha value is -1.93. The minimum Gasteiger partial charge on any atom is -0.497 e. The highest BCUT2D eigenvalue weighted by Gasteiger charge is 2.33. The summed E-state index contributed by atoms with van der Waals surface area (Å²) in [5, 5.41) is -0.374. The fourth-order valence-electron chi connectivity index (χ4n) is 1.70. The maximum absolute atomic E-state index is 12.7. The van der Waals surface area contributed by atoms with Gasteiger partial charge in [0.25, 0.3) is 0 Å². The van der Waals surface area contributed by atoms with E-state index in [-0.39, 0.29) is 10.8 Å². The predicted octanol–water partition coefficient (Wildman–Crippen LogP) is 4.14. The Kier molecular flexibility index (Phi) is 4.76. The molecule has 0 spiro atoms. The number of methoxy groups -OCH3 is 1. The van der Waals surface area contributed by atoms with Crippen LogP contribution in [-0.2, 0) is 16.3 Å². The van der Waals surface area contributed by atoms with Gasteiger partial charge in [0, 0.05) is 6.07 Å². The summed E-state index contributed by atoms with van der Waals surface area (Å²) in [5.74, 6) is 0.214. The quantitative estimate of drug-likeness (QED) is 0.763. The number of halogens is 4. The highest BCUT2D eigenvalue weighted by molar-refractivity contribution is 7.87. The van der Waals surface area contributed by atoms with Crippen molar-refractivity contribution in [1.82, 2.24) is 0 Å². The van der Waals surface area contributed by atoms with E-state index in [2.05, 4.69) is 0 Å². The Labute approximate surface area is 135 Å². The maximum Gasteiger partial charge on any atom is 0.416 e. The van der Waals surface area contributed by atoms with Crippen LogP contribution in [0.1, 0.15) is 5.56 Å². The van der Waals surface area contributed by atoms with Crippen molar-refractivity contribution in [1.29, 1.82) is 0 Å². The van der Waals surface area contributed by atoms with Crippen LogP contribution in [0, 0.1) is 0 Å². The summed E-state index contributed by atoms with van der Waals surface area (Å²) in [4.78, 5) is -0.767. The highest BCUT2D eigenvalue weighted by Crippen LogP contribution is 2.34. The molecule has 0 amide bonds. The van der Waals surface area contributed by atoms with E-state index in [4.69, 9.17) is 20.5 Å². The van der Waals surface area contributed by atoms with Crippen LogP contribution in [0.25, 0.3) is 0 Å². The number of benzene rings is 2. The van der Waals surface area contributed by atoms with Crippen LogP contribution in [0.4, 0.5) is 13.2 Å². The van der Waals surface area contributed by atoms with Crippen LogP contribution in [0.3, 0.4) is 0 Å². The number of hydrogen-bond donors (Lipinski definition) is 0. The molecule has 0 N–H and O–H groups in total. The number of hydrogen-bond acceptors (Lipinski definition) is 4. The standard InChI is InChI=1S/C14H10ClF3O4S/c1-21-10-3-2-4-11(8-10)22-23(19,20)13-7-9(14(16,17)18)5-6-12(13)15/h2-8H,1H3. The van der Waals surface area contributed by atoms with Crippen molar-refractivity contribution in [3.63, 3.8) is 0 Å². The molecule has 0 saturated heterocycles. The average molecular weight is 367 g/mol. The van der Waals surface area contributed by atoms with E-state index >= 15 is 0 Å². The summed E-state index contributed by atoms with van der Waals surface area (Å²) in [6.45, 7) is 0. The third-order valence-corrected chi connectivity index (χ3v) is 4.50. The molecule has 124 valence electrons. The lowest BCUT2D eigenvalue weighted by atomic mass is 10.2. The molecular formula is C14H10ClF3O4S. The first-order valence-corrected chi connectivity index (χ1v) is 7.87. The van der Waals surface area contributed by atoms with Crippen molar-refractivity contribution < 1.29 is 30.5 Å². The maximum atomic E-state index is 12.7. The summed E-state index contributed by atoms with van der Waals surface area (Å²) in [7, 11) is -3.17. The van der Waals surface area contributed by atoms with E-state index in [1.54, 1.807) is 6.07 Å². The predicted molar refractivity (Wildman–Crippen MR) is 77.3 cm³/mol. The van der Waals surface area contributed by atoms with Crippen LogP contribution < -0.4 is 8.92 Å². The first-order valence-electron chi connectivity index (χ1n) is 6.09. The third-order valence-electron chi connectivity index (χ3n) is 2.78. The SMILES string of the molecule is COc1cccc(OS(=O)(=O)c2cc(C(F)(F)F)ccc2Cl)c1. The van der Waals surface area contributed by atoms with E-state index in [1.165, 1.54) is 25.3 Å². The topological polar surface area (TPSA) is 52.6 Å². The average Bonchev–Trinajstić information content (AvgIpc) is 2.46. The van der Waals surface area contributed by atoms with Gasteiger partial charge in [0.05, 0.1) is 17.7 Å². The van der Waals surface area contributed by atoms with Gasteiger partial charge < -0.3 is 8.92 Å². The zero-order valence-electron chi connectivity index (χ0n) is 11.6. The lowest BCUT2D eigenvalue weighted by molar-refractivity contribution is -0.137. The van der Waals surface area contributed by atoms with Crippen molar-refractivity contribution in [2.45, 2.75) is 11.1 Å². The molecule has 2 aromatic rings. The lowest BCUT2D eigenvalue weighted by Crippen LogP contribution is -2.13. The van der Waals surface area contributed by atoms with Crippen LogP contribution in [-0.4, -0.2) is 15.5 Å². The monoisotopic (exact) mass is 366 g/mol. The molecule has 0 unspecified atom stereocenters. The van der Waals surface area contributed by atoms with E-state index in [0.29, 0.717) is 17.9 Å². The first kappa shape index (κ1) is 17.4. The first-order chi connectivity index (χ1) is 10.6. The molecule has 0 heterocycles. The molecule has 0 radical (unpaired) electrons. The largest absolute Gasteiger partial charge is 0.497 e. The van der Waals surface area contributed by atoms with Gasteiger partial charge in [0.1, 0.15) is 16.4 Å². The summed E-state index contributed by atoms with van der Waals surface area (Å²) in [6.07, 6.45) is -4.70. The molecule has 2 aromatic carbocycles. The smallest absolute Gasteiger partial charge is 0.416 e. The molecule has 9 heteroatoms. The summed E-state index contributed by atoms with van der Waals surface area (Å²) < 4.78 is 72.3. The fraction of sp³-hybridized carbons (Fsp3) is 0.143. The Bertz CT molecular complexity index is 819. The van der Waals surface area contributed by atoms with Gasteiger partial charge in [0.15, 0.2) is 0 Å². The van der Waals surface area contributed by atoms with Crippen molar-refractivity contribution >= 4 is 21.7 Å². The van der Waals surface area contributed by atoms with Crippen LogP contribution in [0.15, 0.2) is 47.4 Å². The molecule has 0 fully saturated rings. The molecule has 0 bridgehead atoms. The zero-order valence-corrected chi connectivity index (χ0v) is 13.2. The number of alkyl halides is 3. The molecule has 4 nitrogen and oxygen atoms in total. The van der Waals surface area contributed by atoms with Gasteiger partial charge >= 0.3 is 16.3 Å². The second kappa shape index (κ2) is 6.29. The Balaban J connectivity index is 2.43. The minimum atomic E-state index is -4.70. The molecular weight excluding hydrogens is 357 g/mol. The summed E-state index contributed by atoms with van der Waals surface area (Å²) >= 11 is 5.70. The highest BCUT2D eigenvalue weighted by atomic mass is 35.5. The van der Waals surface area contributed by atoms with Gasteiger partial charge in [-0.2, -0.15) is 21.6 Å². The summed E-state index contributed by atoms with van der Waals surface area (Å²) in [5.41, 5.74) is -1.14. The number of rotatable bonds is 4.